The van der Waals surface area contributed by atoms with Crippen LogP contribution in [-0.2, 0) is 14.8 Å². The Bertz CT molecular complexity index is 966. The second kappa shape index (κ2) is 8.53. The minimum atomic E-state index is -4.12. The van der Waals surface area contributed by atoms with Crippen molar-refractivity contribution < 1.29 is 22.9 Å². The third kappa shape index (κ3) is 5.54. The van der Waals surface area contributed by atoms with E-state index in [-0.39, 0.29) is 21.4 Å². The molecule has 1 amide bonds. The lowest BCUT2D eigenvalue weighted by Gasteiger charge is -2.16. The number of benzene rings is 2. The summed E-state index contributed by atoms with van der Waals surface area (Å²) >= 11 is 11.7. The highest BCUT2D eigenvalue weighted by molar-refractivity contribution is 7.89. The van der Waals surface area contributed by atoms with Gasteiger partial charge in [-0.2, -0.15) is 0 Å². The number of nitro groups is 1. The highest BCUT2D eigenvalue weighted by atomic mass is 35.5. The summed E-state index contributed by atoms with van der Waals surface area (Å²) in [6.07, 6.45) is -1.08. The number of rotatable bonds is 7. The van der Waals surface area contributed by atoms with Crippen LogP contribution in [-0.4, -0.2) is 25.4 Å². The molecule has 1 unspecified atom stereocenters. The minimum Gasteiger partial charge on any atom is -0.479 e. The fourth-order valence-electron chi connectivity index (χ4n) is 1.84. The molecule has 27 heavy (non-hydrogen) atoms. The summed E-state index contributed by atoms with van der Waals surface area (Å²) in [5, 5.41) is 11.2. The van der Waals surface area contributed by atoms with Crippen LogP contribution in [0.2, 0.25) is 10.0 Å². The van der Waals surface area contributed by atoms with E-state index < -0.39 is 27.0 Å². The van der Waals surface area contributed by atoms with Gasteiger partial charge in [0.25, 0.3) is 21.6 Å². The maximum absolute atomic E-state index is 12.1. The van der Waals surface area contributed by atoms with Crippen molar-refractivity contribution in [1.29, 1.82) is 0 Å². The topological polar surface area (TPSA) is 128 Å². The van der Waals surface area contributed by atoms with E-state index in [0.29, 0.717) is 5.02 Å². The molecule has 0 bridgehead atoms. The van der Waals surface area contributed by atoms with Gasteiger partial charge in [0.15, 0.2) is 6.10 Å². The van der Waals surface area contributed by atoms with E-state index in [4.69, 9.17) is 27.9 Å². The summed E-state index contributed by atoms with van der Waals surface area (Å²) in [5.74, 6) is -0.589. The molecule has 0 heterocycles. The zero-order chi connectivity index (χ0) is 20.2. The summed E-state index contributed by atoms with van der Waals surface area (Å²) in [5.41, 5.74) is 1.74. The third-order valence-electron chi connectivity index (χ3n) is 3.23. The summed E-state index contributed by atoms with van der Waals surface area (Å²) in [6, 6.07) is 8.57. The molecule has 0 radical (unpaired) electrons. The Hall–Kier alpha value is -2.40. The lowest BCUT2D eigenvalue weighted by Crippen LogP contribution is -2.47. The van der Waals surface area contributed by atoms with Crippen LogP contribution in [0.25, 0.3) is 0 Å². The minimum absolute atomic E-state index is 0.189. The monoisotopic (exact) mass is 433 g/mol. The second-order valence-electron chi connectivity index (χ2n) is 5.18. The molecule has 2 rings (SSSR count). The normalized spacial score (nSPS) is 12.3. The number of hydrogen-bond acceptors (Lipinski definition) is 6. The number of ether oxygens (including phenoxy) is 1. The molecule has 0 saturated carbocycles. The van der Waals surface area contributed by atoms with Crippen molar-refractivity contribution in [2.24, 2.45) is 0 Å². The summed E-state index contributed by atoms with van der Waals surface area (Å²) in [6.45, 7) is 1.39. The fourth-order valence-corrected chi connectivity index (χ4v) is 3.14. The number of non-ortho nitro benzene ring substituents is 1. The van der Waals surface area contributed by atoms with Crippen molar-refractivity contribution in [2.75, 3.05) is 0 Å². The van der Waals surface area contributed by atoms with Crippen LogP contribution in [0.5, 0.6) is 5.75 Å². The quantitative estimate of drug-likeness (QED) is 0.510. The van der Waals surface area contributed by atoms with E-state index >= 15 is 0 Å². The van der Waals surface area contributed by atoms with Gasteiger partial charge in [-0.05, 0) is 37.3 Å². The first-order chi connectivity index (χ1) is 12.6. The fraction of sp³-hybridized carbons (Fsp3) is 0.133. The molecule has 2 N–H and O–H groups in total. The molecule has 0 spiro atoms. The van der Waals surface area contributed by atoms with Crippen LogP contribution in [0.15, 0.2) is 47.4 Å². The van der Waals surface area contributed by atoms with Crippen molar-refractivity contribution >= 4 is 44.8 Å². The van der Waals surface area contributed by atoms with Crippen molar-refractivity contribution in [3.63, 3.8) is 0 Å². The van der Waals surface area contributed by atoms with Gasteiger partial charge >= 0.3 is 0 Å². The highest BCUT2D eigenvalue weighted by Gasteiger charge is 2.20. The molecular weight excluding hydrogens is 421 g/mol. The van der Waals surface area contributed by atoms with Crippen molar-refractivity contribution in [1.82, 2.24) is 10.3 Å². The van der Waals surface area contributed by atoms with Gasteiger partial charge in [-0.15, -0.1) is 4.83 Å². The summed E-state index contributed by atoms with van der Waals surface area (Å²) in [7, 11) is -4.12. The Kier molecular flexibility index (Phi) is 6.60. The molecule has 0 aliphatic heterocycles. The van der Waals surface area contributed by atoms with Gasteiger partial charge in [-0.1, -0.05) is 23.2 Å². The van der Waals surface area contributed by atoms with Crippen molar-refractivity contribution in [2.45, 2.75) is 17.9 Å². The van der Waals surface area contributed by atoms with E-state index in [9.17, 15) is 23.3 Å². The van der Waals surface area contributed by atoms with E-state index in [1.165, 1.54) is 25.1 Å². The Morgan fingerprint density at radius 3 is 2.37 bits per heavy atom. The average molecular weight is 434 g/mol. The van der Waals surface area contributed by atoms with E-state index in [2.05, 4.69) is 0 Å². The highest BCUT2D eigenvalue weighted by Crippen LogP contribution is 2.28. The van der Waals surface area contributed by atoms with Crippen LogP contribution in [0.1, 0.15) is 6.92 Å². The zero-order valence-corrected chi connectivity index (χ0v) is 16.0. The smallest absolute Gasteiger partial charge is 0.275 e. The first-order valence-electron chi connectivity index (χ1n) is 7.28. The summed E-state index contributed by atoms with van der Waals surface area (Å²) in [4.78, 5) is 23.6. The average Bonchev–Trinajstić information content (AvgIpc) is 2.62. The Labute approximate surface area is 164 Å². The molecule has 1 atom stereocenters. The van der Waals surface area contributed by atoms with E-state index in [0.717, 1.165) is 24.3 Å². The zero-order valence-electron chi connectivity index (χ0n) is 13.7. The molecular formula is C15H13Cl2N3O6S. The number of nitrogens with zero attached hydrogens (tertiary/aromatic N) is 1. The predicted octanol–water partition coefficient (Wildman–Crippen LogP) is 2.68. The van der Waals surface area contributed by atoms with Crippen LogP contribution >= 0.6 is 23.2 Å². The molecule has 0 aliphatic carbocycles. The van der Waals surface area contributed by atoms with E-state index in [1.807, 2.05) is 10.3 Å². The number of sulfonamides is 1. The summed E-state index contributed by atoms with van der Waals surface area (Å²) < 4.78 is 29.6. The van der Waals surface area contributed by atoms with Crippen molar-refractivity contribution in [3.8, 4) is 5.75 Å². The first kappa shape index (κ1) is 20.9. The van der Waals surface area contributed by atoms with Gasteiger partial charge in [-0.25, -0.2) is 8.42 Å². The molecule has 9 nitrogen and oxygen atoms in total. The van der Waals surface area contributed by atoms with Gasteiger partial charge in [0.1, 0.15) is 5.75 Å². The third-order valence-corrected chi connectivity index (χ3v) is 5.03. The molecule has 2 aromatic rings. The molecule has 144 valence electrons. The number of hydrazine groups is 1. The Morgan fingerprint density at radius 2 is 1.81 bits per heavy atom. The van der Waals surface area contributed by atoms with Crippen LogP contribution in [0, 0.1) is 10.1 Å². The maximum atomic E-state index is 12.1. The number of carbonyl (C=O) groups is 1. The van der Waals surface area contributed by atoms with Crippen molar-refractivity contribution in [3.05, 3.63) is 62.6 Å². The number of halogens is 2. The number of carbonyl (C=O) groups excluding carboxylic acids is 1. The largest absolute Gasteiger partial charge is 0.479 e. The van der Waals surface area contributed by atoms with Gasteiger partial charge in [0.05, 0.1) is 14.8 Å². The molecule has 0 aromatic heterocycles. The lowest BCUT2D eigenvalue weighted by molar-refractivity contribution is -0.384. The van der Waals surface area contributed by atoms with Gasteiger partial charge in [-0.3, -0.25) is 20.3 Å². The molecule has 0 saturated heterocycles. The number of hydrogen-bond donors (Lipinski definition) is 2. The molecule has 2 aromatic carbocycles. The van der Waals surface area contributed by atoms with Gasteiger partial charge in [0, 0.05) is 17.2 Å². The first-order valence-corrected chi connectivity index (χ1v) is 9.52. The van der Waals surface area contributed by atoms with Crippen LogP contribution < -0.4 is 15.0 Å². The molecule has 0 fully saturated rings. The van der Waals surface area contributed by atoms with Crippen LogP contribution in [0.4, 0.5) is 5.69 Å². The predicted molar refractivity (Wildman–Crippen MR) is 98.1 cm³/mol. The van der Waals surface area contributed by atoms with Crippen LogP contribution in [0.3, 0.4) is 0 Å². The number of nitro benzene ring substituents is 1. The standard InChI is InChI=1S/C15H13Cl2N3O6S/c1-9(26-14-7-2-10(16)8-13(14)17)15(21)18-19-27(24,25)12-5-3-11(4-6-12)20(22)23/h2-9,19H,1H3,(H,18,21). The molecule has 12 heteroatoms. The molecule has 0 aliphatic rings. The van der Waals surface area contributed by atoms with Gasteiger partial charge in [0.2, 0.25) is 0 Å². The number of nitrogens with one attached hydrogen (secondary N) is 2. The maximum Gasteiger partial charge on any atom is 0.275 e. The SMILES string of the molecule is CC(Oc1ccc(Cl)cc1Cl)C(=O)NNS(=O)(=O)c1ccc([N+](=O)[O-])cc1. The number of amides is 1. The lowest BCUT2D eigenvalue weighted by atomic mass is 10.3. The Morgan fingerprint density at radius 1 is 1.19 bits per heavy atom. The van der Waals surface area contributed by atoms with E-state index in [1.54, 1.807) is 0 Å². The van der Waals surface area contributed by atoms with Gasteiger partial charge < -0.3 is 4.74 Å². The second-order valence-corrected chi connectivity index (χ2v) is 7.71. The Balaban J connectivity index is 1.99.